The molecule has 2 amide bonds. The van der Waals surface area contributed by atoms with Crippen molar-refractivity contribution in [2.75, 3.05) is 7.11 Å². The number of ether oxygens (including phenoxy) is 1. The highest BCUT2D eigenvalue weighted by molar-refractivity contribution is 7.09. The van der Waals surface area contributed by atoms with E-state index in [9.17, 15) is 4.79 Å². The summed E-state index contributed by atoms with van der Waals surface area (Å²) in [5, 5.41) is 9.44. The van der Waals surface area contributed by atoms with E-state index in [0.717, 1.165) is 10.4 Å². The van der Waals surface area contributed by atoms with Crippen LogP contribution < -0.4 is 15.4 Å². The molecule has 3 rings (SSSR count). The first-order chi connectivity index (χ1) is 11.6. The fourth-order valence-electron chi connectivity index (χ4n) is 2.45. The van der Waals surface area contributed by atoms with Crippen molar-refractivity contribution in [3.8, 4) is 5.75 Å². The number of hydrogen-bond acceptors (Lipinski definition) is 5. The zero-order valence-corrected chi connectivity index (χ0v) is 14.5. The van der Waals surface area contributed by atoms with E-state index in [4.69, 9.17) is 9.15 Å². The molecule has 0 spiro atoms. The van der Waals surface area contributed by atoms with E-state index in [1.54, 1.807) is 13.3 Å². The molecular formula is C17H19N3O3S. The first-order valence-corrected chi connectivity index (χ1v) is 8.49. The third-order valence-electron chi connectivity index (χ3n) is 3.69. The molecule has 2 heterocycles. The number of aromatic nitrogens is 1. The number of rotatable bonds is 5. The van der Waals surface area contributed by atoms with Crippen LogP contribution in [0.1, 0.15) is 36.7 Å². The number of carbonyl (C=O) groups is 1. The fourth-order valence-corrected chi connectivity index (χ4v) is 3.09. The third kappa shape index (κ3) is 3.35. The van der Waals surface area contributed by atoms with E-state index in [-0.39, 0.29) is 18.1 Å². The Bertz CT molecular complexity index is 829. The molecule has 0 saturated carbocycles. The molecule has 2 atom stereocenters. The standard InChI is InChI=1S/C17H19N3O3S/c1-10(19-17(21)20-11(2)16-18-7-8-24-16)14-9-12-5-4-6-13(22-3)15(12)23-14/h4-11H,1-3H3,(H2,19,20,21)/t10-,11+/m0/s1. The van der Waals surface area contributed by atoms with Crippen molar-refractivity contribution < 1.29 is 13.9 Å². The second-order valence-corrected chi connectivity index (χ2v) is 6.39. The van der Waals surface area contributed by atoms with Crippen molar-refractivity contribution in [1.82, 2.24) is 15.6 Å². The molecule has 7 heteroatoms. The molecule has 0 aliphatic heterocycles. The lowest BCUT2D eigenvalue weighted by atomic mass is 10.2. The smallest absolute Gasteiger partial charge is 0.315 e. The van der Waals surface area contributed by atoms with Crippen molar-refractivity contribution >= 4 is 28.3 Å². The molecule has 2 N–H and O–H groups in total. The van der Waals surface area contributed by atoms with Gasteiger partial charge >= 0.3 is 6.03 Å². The second kappa shape index (κ2) is 6.92. The normalized spacial score (nSPS) is 13.5. The van der Waals surface area contributed by atoms with Crippen molar-refractivity contribution in [3.63, 3.8) is 0 Å². The van der Waals surface area contributed by atoms with E-state index < -0.39 is 0 Å². The summed E-state index contributed by atoms with van der Waals surface area (Å²) in [5.41, 5.74) is 0.681. The van der Waals surface area contributed by atoms with Crippen molar-refractivity contribution in [3.05, 3.63) is 46.6 Å². The highest BCUT2D eigenvalue weighted by Gasteiger charge is 2.18. The van der Waals surface area contributed by atoms with Crippen LogP contribution in [0.5, 0.6) is 5.75 Å². The van der Waals surface area contributed by atoms with E-state index in [1.807, 2.05) is 43.5 Å². The van der Waals surface area contributed by atoms with Crippen LogP contribution in [0, 0.1) is 0 Å². The van der Waals surface area contributed by atoms with E-state index in [0.29, 0.717) is 17.1 Å². The van der Waals surface area contributed by atoms with E-state index in [2.05, 4.69) is 15.6 Å². The number of nitrogens with zero attached hydrogens (tertiary/aromatic N) is 1. The van der Waals surface area contributed by atoms with Crippen LogP contribution in [0.15, 0.2) is 40.3 Å². The van der Waals surface area contributed by atoms with Gasteiger partial charge in [-0.1, -0.05) is 12.1 Å². The summed E-state index contributed by atoms with van der Waals surface area (Å²) in [6.07, 6.45) is 1.72. The third-order valence-corrected chi connectivity index (χ3v) is 4.65. The SMILES string of the molecule is COc1cccc2cc([C@H](C)NC(=O)N[C@H](C)c3nccs3)oc12. The number of nitrogens with one attached hydrogen (secondary N) is 2. The van der Waals surface area contributed by atoms with Gasteiger partial charge in [0.2, 0.25) is 0 Å². The summed E-state index contributed by atoms with van der Waals surface area (Å²) in [7, 11) is 1.60. The number of fused-ring (bicyclic) bond motifs is 1. The number of urea groups is 1. The Morgan fingerprint density at radius 1 is 1.29 bits per heavy atom. The largest absolute Gasteiger partial charge is 0.493 e. The van der Waals surface area contributed by atoms with E-state index >= 15 is 0 Å². The Hall–Kier alpha value is -2.54. The summed E-state index contributed by atoms with van der Waals surface area (Å²) >= 11 is 1.51. The van der Waals surface area contributed by atoms with Gasteiger partial charge in [-0.25, -0.2) is 9.78 Å². The highest BCUT2D eigenvalue weighted by atomic mass is 32.1. The molecule has 0 aliphatic rings. The predicted molar refractivity (Wildman–Crippen MR) is 93.4 cm³/mol. The van der Waals surface area contributed by atoms with Crippen LogP contribution in [0.2, 0.25) is 0 Å². The molecule has 0 saturated heterocycles. The number of benzene rings is 1. The van der Waals surface area contributed by atoms with Gasteiger partial charge < -0.3 is 19.8 Å². The number of carbonyl (C=O) groups excluding carboxylic acids is 1. The van der Waals surface area contributed by atoms with Gasteiger partial charge in [0.25, 0.3) is 0 Å². The lowest BCUT2D eigenvalue weighted by Crippen LogP contribution is -2.38. The minimum absolute atomic E-state index is 0.145. The Morgan fingerprint density at radius 3 is 2.79 bits per heavy atom. The average molecular weight is 345 g/mol. The molecule has 0 unspecified atom stereocenters. The monoisotopic (exact) mass is 345 g/mol. The Morgan fingerprint density at radius 2 is 2.08 bits per heavy atom. The van der Waals surface area contributed by atoms with E-state index in [1.165, 1.54) is 11.3 Å². The van der Waals surface area contributed by atoms with Gasteiger partial charge in [0.15, 0.2) is 11.3 Å². The molecule has 0 fully saturated rings. The minimum Gasteiger partial charge on any atom is -0.493 e. The molecule has 0 radical (unpaired) electrons. The molecule has 2 aromatic heterocycles. The Labute approximate surface area is 143 Å². The number of furan rings is 1. The van der Waals surface area contributed by atoms with Gasteiger partial charge in [0.1, 0.15) is 10.8 Å². The Kier molecular flexibility index (Phi) is 4.71. The van der Waals surface area contributed by atoms with Crippen LogP contribution in [-0.2, 0) is 0 Å². The zero-order valence-electron chi connectivity index (χ0n) is 13.7. The average Bonchev–Trinajstić information content (AvgIpc) is 3.23. The molecule has 0 bridgehead atoms. The molecule has 3 aromatic rings. The van der Waals surface area contributed by atoms with Crippen LogP contribution in [0.3, 0.4) is 0 Å². The first-order valence-electron chi connectivity index (χ1n) is 7.61. The maximum absolute atomic E-state index is 12.2. The first kappa shape index (κ1) is 16.3. The number of methoxy groups -OCH3 is 1. The maximum Gasteiger partial charge on any atom is 0.315 e. The quantitative estimate of drug-likeness (QED) is 0.732. The number of amides is 2. The van der Waals surface area contributed by atoms with Gasteiger partial charge in [-0.15, -0.1) is 11.3 Å². The summed E-state index contributed by atoms with van der Waals surface area (Å²) in [5.74, 6) is 1.35. The fraction of sp³-hybridized carbons (Fsp3) is 0.294. The highest BCUT2D eigenvalue weighted by Crippen LogP contribution is 2.30. The Balaban J connectivity index is 1.68. The van der Waals surface area contributed by atoms with Gasteiger partial charge in [0.05, 0.1) is 19.2 Å². The molecule has 1 aromatic carbocycles. The van der Waals surface area contributed by atoms with Gasteiger partial charge in [-0.2, -0.15) is 0 Å². The summed E-state index contributed by atoms with van der Waals surface area (Å²) in [6, 6.07) is 6.92. The zero-order chi connectivity index (χ0) is 17.1. The van der Waals surface area contributed by atoms with Crippen molar-refractivity contribution in [2.45, 2.75) is 25.9 Å². The number of thiazole rings is 1. The lowest BCUT2D eigenvalue weighted by molar-refractivity contribution is 0.233. The predicted octanol–water partition coefficient (Wildman–Crippen LogP) is 4.02. The topological polar surface area (TPSA) is 76.4 Å². The molecular weight excluding hydrogens is 326 g/mol. The van der Waals surface area contributed by atoms with Gasteiger partial charge in [0, 0.05) is 17.0 Å². The lowest BCUT2D eigenvalue weighted by Gasteiger charge is -2.15. The molecule has 126 valence electrons. The summed E-state index contributed by atoms with van der Waals surface area (Å²) in [6.45, 7) is 3.77. The van der Waals surface area contributed by atoms with Crippen molar-refractivity contribution in [2.24, 2.45) is 0 Å². The molecule has 0 aliphatic carbocycles. The minimum atomic E-state index is -0.273. The van der Waals surface area contributed by atoms with Crippen LogP contribution >= 0.6 is 11.3 Å². The van der Waals surface area contributed by atoms with Crippen LogP contribution in [0.25, 0.3) is 11.0 Å². The maximum atomic E-state index is 12.2. The van der Waals surface area contributed by atoms with Gasteiger partial charge in [-0.05, 0) is 26.0 Å². The second-order valence-electron chi connectivity index (χ2n) is 5.46. The number of hydrogen-bond donors (Lipinski definition) is 2. The molecule has 6 nitrogen and oxygen atoms in total. The summed E-state index contributed by atoms with van der Waals surface area (Å²) in [4.78, 5) is 16.4. The van der Waals surface area contributed by atoms with Gasteiger partial charge in [-0.3, -0.25) is 0 Å². The molecule has 24 heavy (non-hydrogen) atoms. The summed E-state index contributed by atoms with van der Waals surface area (Å²) < 4.78 is 11.1. The van der Waals surface area contributed by atoms with Crippen molar-refractivity contribution in [1.29, 1.82) is 0 Å². The number of para-hydroxylation sites is 1. The van der Waals surface area contributed by atoms with Crippen LogP contribution in [-0.4, -0.2) is 18.1 Å². The van der Waals surface area contributed by atoms with Crippen LogP contribution in [0.4, 0.5) is 4.79 Å².